The maximum atomic E-state index is 5.96. The number of rotatable bonds is 9. The second-order valence-corrected chi connectivity index (χ2v) is 7.38. The lowest BCUT2D eigenvalue weighted by Gasteiger charge is -2.22. The Labute approximate surface area is 173 Å². The summed E-state index contributed by atoms with van der Waals surface area (Å²) in [6.07, 6.45) is 11.0. The second-order valence-electron chi connectivity index (χ2n) is 6.18. The van der Waals surface area contributed by atoms with Crippen LogP contribution in [0.2, 0.25) is 0 Å². The molecule has 0 spiro atoms. The highest BCUT2D eigenvalue weighted by Gasteiger charge is 2.12. The molecule has 0 saturated heterocycles. The molecular formula is C18H33IN4OS. The predicted octanol–water partition coefficient (Wildman–Crippen LogP) is 4.12. The number of aliphatic imine (C=N–C) groups is 1. The van der Waals surface area contributed by atoms with Crippen molar-refractivity contribution >= 4 is 41.3 Å². The zero-order valence-corrected chi connectivity index (χ0v) is 18.7. The van der Waals surface area contributed by atoms with Gasteiger partial charge in [-0.2, -0.15) is 0 Å². The van der Waals surface area contributed by atoms with E-state index in [4.69, 9.17) is 4.74 Å². The molecular weight excluding hydrogens is 447 g/mol. The number of aryl methyl sites for hydroxylation is 1. The number of nitrogens with one attached hydrogen (secondary N) is 2. The lowest BCUT2D eigenvalue weighted by atomic mass is 9.98. The Morgan fingerprint density at radius 3 is 2.76 bits per heavy atom. The molecule has 0 atom stereocenters. The van der Waals surface area contributed by atoms with Crippen molar-refractivity contribution in [2.45, 2.75) is 71.4 Å². The first kappa shape index (κ1) is 22.6. The van der Waals surface area contributed by atoms with Crippen LogP contribution in [0.15, 0.2) is 11.2 Å². The first-order valence-electron chi connectivity index (χ1n) is 9.39. The smallest absolute Gasteiger partial charge is 0.191 e. The molecule has 1 aromatic rings. The van der Waals surface area contributed by atoms with Crippen molar-refractivity contribution in [1.29, 1.82) is 0 Å². The van der Waals surface area contributed by atoms with Crippen LogP contribution in [-0.2, 0) is 17.7 Å². The minimum Gasteiger partial charge on any atom is -0.378 e. The Kier molecular flexibility index (Phi) is 12.4. The van der Waals surface area contributed by atoms with E-state index in [9.17, 15) is 0 Å². The van der Waals surface area contributed by atoms with Crippen molar-refractivity contribution < 1.29 is 4.74 Å². The third kappa shape index (κ3) is 9.19. The molecule has 1 heterocycles. The van der Waals surface area contributed by atoms with Crippen LogP contribution in [0.3, 0.4) is 0 Å². The zero-order valence-electron chi connectivity index (χ0n) is 15.6. The second kappa shape index (κ2) is 13.7. The summed E-state index contributed by atoms with van der Waals surface area (Å²) in [5.41, 5.74) is 0. The van der Waals surface area contributed by atoms with Crippen molar-refractivity contribution in [3.63, 3.8) is 0 Å². The van der Waals surface area contributed by atoms with Crippen molar-refractivity contribution in [3.8, 4) is 0 Å². The van der Waals surface area contributed by atoms with Gasteiger partial charge in [-0.25, -0.2) is 9.98 Å². The normalized spacial score (nSPS) is 15.7. The standard InChI is InChI=1S/C18H32N4OS.HI/c1-3-16-13-21-17(24-16)14-22-18(19-4-2)20-11-8-12-23-15-9-6-5-7-10-15;/h13,15H,3-12,14H2,1-2H3,(H2,19,20,22);1H. The number of halogens is 1. The highest BCUT2D eigenvalue weighted by molar-refractivity contribution is 14.0. The molecule has 0 amide bonds. The molecule has 0 unspecified atom stereocenters. The number of hydrogen-bond donors (Lipinski definition) is 2. The van der Waals surface area contributed by atoms with Crippen LogP contribution in [0.1, 0.15) is 62.3 Å². The Bertz CT molecular complexity index is 489. The van der Waals surface area contributed by atoms with Crippen LogP contribution < -0.4 is 10.6 Å². The maximum absolute atomic E-state index is 5.96. The van der Waals surface area contributed by atoms with Gasteiger partial charge in [0.05, 0.1) is 12.6 Å². The molecule has 2 rings (SSSR count). The molecule has 0 aromatic carbocycles. The van der Waals surface area contributed by atoms with Gasteiger partial charge in [-0.05, 0) is 32.6 Å². The largest absolute Gasteiger partial charge is 0.378 e. The van der Waals surface area contributed by atoms with Gasteiger partial charge in [0.25, 0.3) is 0 Å². The molecule has 1 aliphatic rings. The van der Waals surface area contributed by atoms with Gasteiger partial charge in [0.15, 0.2) is 5.96 Å². The number of guanidine groups is 1. The van der Waals surface area contributed by atoms with E-state index in [1.807, 2.05) is 6.20 Å². The molecule has 0 bridgehead atoms. The molecule has 2 N–H and O–H groups in total. The van der Waals surface area contributed by atoms with E-state index >= 15 is 0 Å². The van der Waals surface area contributed by atoms with E-state index in [1.54, 1.807) is 11.3 Å². The van der Waals surface area contributed by atoms with Gasteiger partial charge in [-0.3, -0.25) is 0 Å². The van der Waals surface area contributed by atoms with E-state index in [2.05, 4.69) is 34.5 Å². The summed E-state index contributed by atoms with van der Waals surface area (Å²) in [5.74, 6) is 0.864. The monoisotopic (exact) mass is 480 g/mol. The van der Waals surface area contributed by atoms with Crippen LogP contribution >= 0.6 is 35.3 Å². The van der Waals surface area contributed by atoms with Crippen LogP contribution in [-0.4, -0.2) is 36.7 Å². The SMILES string of the molecule is CCNC(=NCc1ncc(CC)s1)NCCCOC1CCCCC1.I. The Morgan fingerprint density at radius 1 is 1.28 bits per heavy atom. The maximum Gasteiger partial charge on any atom is 0.191 e. The van der Waals surface area contributed by atoms with Crippen LogP contribution in [0.5, 0.6) is 0 Å². The fourth-order valence-electron chi connectivity index (χ4n) is 2.83. The average Bonchev–Trinajstić information content (AvgIpc) is 3.08. The molecule has 144 valence electrons. The molecule has 5 nitrogen and oxygen atoms in total. The number of ether oxygens (including phenoxy) is 1. The van der Waals surface area contributed by atoms with E-state index in [-0.39, 0.29) is 24.0 Å². The topological polar surface area (TPSA) is 58.5 Å². The van der Waals surface area contributed by atoms with E-state index in [0.717, 1.165) is 43.5 Å². The highest BCUT2D eigenvalue weighted by atomic mass is 127. The minimum atomic E-state index is 0. The quantitative estimate of drug-likeness (QED) is 0.242. The van der Waals surface area contributed by atoms with E-state index in [0.29, 0.717) is 12.6 Å². The van der Waals surface area contributed by atoms with Gasteiger partial charge in [0, 0.05) is 30.8 Å². The summed E-state index contributed by atoms with van der Waals surface area (Å²) in [6.45, 7) is 7.46. The summed E-state index contributed by atoms with van der Waals surface area (Å²) >= 11 is 1.75. The molecule has 0 aliphatic heterocycles. The molecule has 7 heteroatoms. The molecule has 1 fully saturated rings. The summed E-state index contributed by atoms with van der Waals surface area (Å²) in [5, 5.41) is 7.75. The van der Waals surface area contributed by atoms with Crippen LogP contribution in [0.4, 0.5) is 0 Å². The fourth-order valence-corrected chi connectivity index (χ4v) is 3.62. The lowest BCUT2D eigenvalue weighted by molar-refractivity contribution is 0.0277. The van der Waals surface area contributed by atoms with Gasteiger partial charge in [0.1, 0.15) is 5.01 Å². The van der Waals surface area contributed by atoms with Crippen molar-refractivity contribution in [3.05, 3.63) is 16.1 Å². The summed E-state index contributed by atoms with van der Waals surface area (Å²) in [6, 6.07) is 0. The van der Waals surface area contributed by atoms with Crippen LogP contribution in [0.25, 0.3) is 0 Å². The Morgan fingerprint density at radius 2 is 2.08 bits per heavy atom. The predicted molar refractivity (Wildman–Crippen MR) is 117 cm³/mol. The molecule has 1 saturated carbocycles. The van der Waals surface area contributed by atoms with Gasteiger partial charge in [-0.1, -0.05) is 26.2 Å². The molecule has 0 radical (unpaired) electrons. The minimum absolute atomic E-state index is 0. The van der Waals surface area contributed by atoms with Crippen molar-refractivity contribution in [2.75, 3.05) is 19.7 Å². The first-order chi connectivity index (χ1) is 11.8. The van der Waals surface area contributed by atoms with Crippen molar-refractivity contribution in [1.82, 2.24) is 15.6 Å². The molecule has 1 aromatic heterocycles. The first-order valence-corrected chi connectivity index (χ1v) is 10.2. The van der Waals surface area contributed by atoms with Crippen molar-refractivity contribution in [2.24, 2.45) is 4.99 Å². The Hall–Kier alpha value is -0.410. The van der Waals surface area contributed by atoms with Gasteiger partial charge < -0.3 is 15.4 Å². The fraction of sp³-hybridized carbons (Fsp3) is 0.778. The summed E-state index contributed by atoms with van der Waals surface area (Å²) in [4.78, 5) is 10.4. The third-order valence-corrected chi connectivity index (χ3v) is 5.31. The van der Waals surface area contributed by atoms with Crippen LogP contribution in [0, 0.1) is 0 Å². The summed E-state index contributed by atoms with van der Waals surface area (Å²) < 4.78 is 5.96. The lowest BCUT2D eigenvalue weighted by Crippen LogP contribution is -2.38. The Balaban J connectivity index is 0.00000312. The van der Waals surface area contributed by atoms with Gasteiger partial charge in [0.2, 0.25) is 0 Å². The highest BCUT2D eigenvalue weighted by Crippen LogP contribution is 2.20. The number of hydrogen-bond acceptors (Lipinski definition) is 4. The molecule has 1 aliphatic carbocycles. The van der Waals surface area contributed by atoms with E-state index < -0.39 is 0 Å². The number of nitrogens with zero attached hydrogens (tertiary/aromatic N) is 2. The third-order valence-electron chi connectivity index (χ3n) is 4.19. The number of aromatic nitrogens is 1. The van der Waals surface area contributed by atoms with Gasteiger partial charge >= 0.3 is 0 Å². The molecule has 25 heavy (non-hydrogen) atoms. The zero-order chi connectivity index (χ0) is 17.0. The average molecular weight is 480 g/mol. The van der Waals surface area contributed by atoms with E-state index in [1.165, 1.54) is 37.0 Å². The summed E-state index contributed by atoms with van der Waals surface area (Å²) in [7, 11) is 0. The van der Waals surface area contributed by atoms with Gasteiger partial charge in [-0.15, -0.1) is 35.3 Å². The number of thiazole rings is 1.